The molecule has 0 aliphatic carbocycles. The molecule has 0 saturated heterocycles. The standard InChI is InChI=1S/C23H21ClN2O3.C2H4O2/c1-26-14-20(29-22-5-3-2-4-21(22)26)15-28-19-12-6-16(7-13-19)23(27)25-18-10-8-17(24)9-11-18;1-2(3)4/h2-13,20H,14-15H2,1H3,(H,25,27);1H3,(H,3,4)/t20-;/m0./s1. The summed E-state index contributed by atoms with van der Waals surface area (Å²) in [5.41, 5.74) is 2.33. The highest BCUT2D eigenvalue weighted by molar-refractivity contribution is 6.30. The molecule has 2 N–H and O–H groups in total. The maximum Gasteiger partial charge on any atom is 0.300 e. The van der Waals surface area contributed by atoms with Crippen LogP contribution in [-0.2, 0) is 4.79 Å². The number of aliphatic carboxylic acids is 1. The second kappa shape index (κ2) is 11.2. The van der Waals surface area contributed by atoms with E-state index in [4.69, 9.17) is 31.0 Å². The highest BCUT2D eigenvalue weighted by Gasteiger charge is 2.23. The quantitative estimate of drug-likeness (QED) is 0.550. The zero-order chi connectivity index (χ0) is 23.8. The molecule has 1 aliphatic rings. The number of benzene rings is 3. The van der Waals surface area contributed by atoms with Crippen molar-refractivity contribution in [2.45, 2.75) is 13.0 Å². The van der Waals surface area contributed by atoms with Gasteiger partial charge in [-0.05, 0) is 60.7 Å². The van der Waals surface area contributed by atoms with Gasteiger partial charge in [-0.2, -0.15) is 0 Å². The molecular formula is C25H25ClN2O5. The first kappa shape index (κ1) is 23.9. The van der Waals surface area contributed by atoms with Crippen LogP contribution in [0, 0.1) is 0 Å². The lowest BCUT2D eigenvalue weighted by Gasteiger charge is -2.33. The number of hydrogen-bond acceptors (Lipinski definition) is 5. The fraction of sp³-hybridized carbons (Fsp3) is 0.200. The minimum Gasteiger partial charge on any atom is -0.490 e. The minimum atomic E-state index is -0.833. The molecule has 3 aromatic rings. The number of rotatable bonds is 5. The average Bonchev–Trinajstić information content (AvgIpc) is 2.79. The van der Waals surface area contributed by atoms with E-state index in [2.05, 4.69) is 10.2 Å². The minimum absolute atomic E-state index is 0.0669. The molecule has 0 unspecified atom stereocenters. The Labute approximate surface area is 197 Å². The topological polar surface area (TPSA) is 88.1 Å². The van der Waals surface area contributed by atoms with Crippen molar-refractivity contribution >= 4 is 34.9 Å². The van der Waals surface area contributed by atoms with Gasteiger partial charge < -0.3 is 24.8 Å². The molecular weight excluding hydrogens is 444 g/mol. The van der Waals surface area contributed by atoms with Crippen molar-refractivity contribution in [1.29, 1.82) is 0 Å². The fourth-order valence-electron chi connectivity index (χ4n) is 3.21. The lowest BCUT2D eigenvalue weighted by atomic mass is 10.2. The first-order valence-electron chi connectivity index (χ1n) is 10.3. The molecule has 1 amide bonds. The number of carboxylic acids is 1. The van der Waals surface area contributed by atoms with Crippen molar-refractivity contribution in [3.05, 3.63) is 83.4 Å². The third-order valence-corrected chi connectivity index (χ3v) is 4.95. The summed E-state index contributed by atoms with van der Waals surface area (Å²) in [6.07, 6.45) is -0.0669. The van der Waals surface area contributed by atoms with E-state index in [0.717, 1.165) is 24.9 Å². The number of carboxylic acid groups (broad SMARTS) is 1. The molecule has 7 nitrogen and oxygen atoms in total. The highest BCUT2D eigenvalue weighted by atomic mass is 35.5. The van der Waals surface area contributed by atoms with Crippen LogP contribution < -0.4 is 19.7 Å². The van der Waals surface area contributed by atoms with E-state index in [-0.39, 0.29) is 12.0 Å². The Morgan fingerprint density at radius 3 is 2.39 bits per heavy atom. The molecule has 0 saturated carbocycles. The summed E-state index contributed by atoms with van der Waals surface area (Å²) in [7, 11) is 2.04. The maximum absolute atomic E-state index is 12.4. The van der Waals surface area contributed by atoms with Gasteiger partial charge in [-0.15, -0.1) is 0 Å². The van der Waals surface area contributed by atoms with Gasteiger partial charge in [0.05, 0.1) is 12.2 Å². The van der Waals surface area contributed by atoms with Crippen molar-refractivity contribution in [1.82, 2.24) is 0 Å². The predicted octanol–water partition coefficient (Wildman–Crippen LogP) is 4.96. The van der Waals surface area contributed by atoms with Crippen molar-refractivity contribution < 1.29 is 24.2 Å². The van der Waals surface area contributed by atoms with Gasteiger partial charge in [-0.3, -0.25) is 9.59 Å². The third-order valence-electron chi connectivity index (χ3n) is 4.70. The Morgan fingerprint density at radius 1 is 1.09 bits per heavy atom. The Kier molecular flexibility index (Phi) is 8.16. The number of ether oxygens (including phenoxy) is 2. The van der Waals surface area contributed by atoms with E-state index >= 15 is 0 Å². The molecule has 1 aliphatic heterocycles. The summed E-state index contributed by atoms with van der Waals surface area (Å²) in [5.74, 6) is 0.537. The molecule has 33 heavy (non-hydrogen) atoms. The van der Waals surface area contributed by atoms with Gasteiger partial charge in [0.25, 0.3) is 11.9 Å². The summed E-state index contributed by atoms with van der Waals surface area (Å²) in [4.78, 5) is 23.5. The number of nitrogens with one attached hydrogen (secondary N) is 1. The second-order valence-corrected chi connectivity index (χ2v) is 7.84. The molecule has 4 rings (SSSR count). The number of hydrogen-bond donors (Lipinski definition) is 2. The largest absolute Gasteiger partial charge is 0.490 e. The number of halogens is 1. The van der Waals surface area contributed by atoms with Crippen LogP contribution in [0.25, 0.3) is 0 Å². The number of amides is 1. The number of carbonyl (C=O) groups excluding carboxylic acids is 1. The van der Waals surface area contributed by atoms with Gasteiger partial charge in [-0.1, -0.05) is 23.7 Å². The smallest absolute Gasteiger partial charge is 0.300 e. The first-order chi connectivity index (χ1) is 15.8. The summed E-state index contributed by atoms with van der Waals surface area (Å²) >= 11 is 5.86. The molecule has 0 aromatic heterocycles. The van der Waals surface area contributed by atoms with Crippen LogP contribution in [-0.4, -0.2) is 43.3 Å². The van der Waals surface area contributed by atoms with Crippen LogP contribution in [0.1, 0.15) is 17.3 Å². The Bertz CT molecular complexity index is 1080. The van der Waals surface area contributed by atoms with E-state index in [9.17, 15) is 4.79 Å². The Hall–Kier alpha value is -3.71. The summed E-state index contributed by atoms with van der Waals surface area (Å²) in [6, 6.07) is 22.0. The van der Waals surface area contributed by atoms with Crippen molar-refractivity contribution in [3.63, 3.8) is 0 Å². The van der Waals surface area contributed by atoms with Crippen LogP contribution >= 0.6 is 11.6 Å². The monoisotopic (exact) mass is 468 g/mol. The summed E-state index contributed by atoms with van der Waals surface area (Å²) in [6.45, 7) is 2.26. The van der Waals surface area contributed by atoms with Gasteiger partial charge in [0.15, 0.2) is 0 Å². The van der Waals surface area contributed by atoms with Gasteiger partial charge >= 0.3 is 0 Å². The van der Waals surface area contributed by atoms with E-state index in [1.54, 1.807) is 48.5 Å². The lowest BCUT2D eigenvalue weighted by Crippen LogP contribution is -2.41. The molecule has 1 atom stereocenters. The summed E-state index contributed by atoms with van der Waals surface area (Å²) in [5, 5.41) is 10.9. The number of para-hydroxylation sites is 2. The van der Waals surface area contributed by atoms with E-state index < -0.39 is 5.97 Å². The van der Waals surface area contributed by atoms with Gasteiger partial charge in [0, 0.05) is 30.2 Å². The zero-order valence-electron chi connectivity index (χ0n) is 18.3. The van der Waals surface area contributed by atoms with Crippen molar-refractivity contribution in [3.8, 4) is 11.5 Å². The van der Waals surface area contributed by atoms with E-state index in [0.29, 0.717) is 28.6 Å². The van der Waals surface area contributed by atoms with E-state index in [1.807, 2.05) is 31.3 Å². The maximum atomic E-state index is 12.4. The number of nitrogens with zero attached hydrogens (tertiary/aromatic N) is 1. The van der Waals surface area contributed by atoms with Gasteiger partial charge in [-0.25, -0.2) is 0 Å². The molecule has 0 fully saturated rings. The predicted molar refractivity (Wildman–Crippen MR) is 129 cm³/mol. The van der Waals surface area contributed by atoms with Crippen LogP contribution in [0.5, 0.6) is 11.5 Å². The highest BCUT2D eigenvalue weighted by Crippen LogP contribution is 2.32. The van der Waals surface area contributed by atoms with Crippen LogP contribution in [0.4, 0.5) is 11.4 Å². The fourth-order valence-corrected chi connectivity index (χ4v) is 3.33. The number of carbonyl (C=O) groups is 2. The Morgan fingerprint density at radius 2 is 1.73 bits per heavy atom. The first-order valence-corrected chi connectivity index (χ1v) is 10.7. The van der Waals surface area contributed by atoms with Gasteiger partial charge in [0.1, 0.15) is 24.2 Å². The summed E-state index contributed by atoms with van der Waals surface area (Å²) < 4.78 is 11.9. The number of likely N-dealkylation sites (N-methyl/N-ethyl adjacent to an activating group) is 1. The molecule has 3 aromatic carbocycles. The van der Waals surface area contributed by atoms with Crippen LogP contribution in [0.3, 0.4) is 0 Å². The lowest BCUT2D eigenvalue weighted by molar-refractivity contribution is -0.134. The SMILES string of the molecule is CC(=O)O.CN1C[C@@H](COc2ccc(C(=O)Nc3ccc(Cl)cc3)cc2)Oc2ccccc21. The number of anilines is 2. The molecule has 0 bridgehead atoms. The number of fused-ring (bicyclic) bond motifs is 1. The average molecular weight is 469 g/mol. The van der Waals surface area contributed by atoms with Crippen LogP contribution in [0.15, 0.2) is 72.8 Å². The van der Waals surface area contributed by atoms with Crippen molar-refractivity contribution in [2.24, 2.45) is 0 Å². The Balaban J connectivity index is 0.000000709. The molecule has 1 heterocycles. The van der Waals surface area contributed by atoms with Crippen LogP contribution in [0.2, 0.25) is 5.02 Å². The third kappa shape index (κ3) is 7.15. The normalized spacial score (nSPS) is 14.2. The molecule has 0 radical (unpaired) electrons. The van der Waals surface area contributed by atoms with Gasteiger partial charge in [0.2, 0.25) is 0 Å². The zero-order valence-corrected chi connectivity index (χ0v) is 19.1. The van der Waals surface area contributed by atoms with E-state index in [1.165, 1.54) is 0 Å². The second-order valence-electron chi connectivity index (χ2n) is 7.40. The van der Waals surface area contributed by atoms with Crippen molar-refractivity contribution in [2.75, 3.05) is 30.4 Å². The molecule has 172 valence electrons. The molecule has 0 spiro atoms. The molecule has 8 heteroatoms.